The first-order valence-corrected chi connectivity index (χ1v) is 9.06. The zero-order valence-electron chi connectivity index (χ0n) is 16.4. The summed E-state index contributed by atoms with van der Waals surface area (Å²) < 4.78 is 5.35. The molecule has 5 heteroatoms. The van der Waals surface area contributed by atoms with E-state index in [1.54, 1.807) is 0 Å². The molecule has 0 aliphatic heterocycles. The van der Waals surface area contributed by atoms with Gasteiger partial charge < -0.3 is 9.84 Å². The predicted octanol–water partition coefficient (Wildman–Crippen LogP) is 4.83. The molecular weight excluding hydrogens is 338 g/mol. The lowest BCUT2D eigenvalue weighted by Gasteiger charge is -2.19. The van der Waals surface area contributed by atoms with Crippen LogP contribution in [-0.2, 0) is 5.41 Å². The maximum Gasteiger partial charge on any atom is 0.251 e. The Labute approximate surface area is 159 Å². The Morgan fingerprint density at radius 3 is 2.44 bits per heavy atom. The summed E-state index contributed by atoms with van der Waals surface area (Å²) in [4.78, 5) is 16.9. The molecule has 3 aromatic rings. The number of nitrogens with one attached hydrogen (secondary N) is 1. The lowest BCUT2D eigenvalue weighted by atomic mass is 9.86. The number of carbonyl (C=O) groups excluding carboxylic acids is 1. The number of aryl methyl sites for hydroxylation is 1. The molecule has 0 bridgehead atoms. The van der Waals surface area contributed by atoms with Crippen LogP contribution in [0.1, 0.15) is 61.1 Å². The van der Waals surface area contributed by atoms with Crippen LogP contribution in [-0.4, -0.2) is 16.0 Å². The molecule has 0 saturated heterocycles. The monoisotopic (exact) mass is 363 g/mol. The molecule has 27 heavy (non-hydrogen) atoms. The average molecular weight is 363 g/mol. The van der Waals surface area contributed by atoms with Gasteiger partial charge >= 0.3 is 0 Å². The van der Waals surface area contributed by atoms with Crippen LogP contribution in [0.25, 0.3) is 11.4 Å². The van der Waals surface area contributed by atoms with E-state index in [0.717, 1.165) is 11.1 Å². The maximum atomic E-state index is 12.5. The molecule has 0 unspecified atom stereocenters. The number of hydrogen-bond donors (Lipinski definition) is 1. The van der Waals surface area contributed by atoms with Gasteiger partial charge in [-0.05, 0) is 43.0 Å². The molecule has 1 amide bonds. The molecule has 0 aliphatic rings. The van der Waals surface area contributed by atoms with Gasteiger partial charge in [0.25, 0.3) is 5.91 Å². The summed E-state index contributed by atoms with van der Waals surface area (Å²) in [6.07, 6.45) is 0. The first kappa shape index (κ1) is 18.8. The second-order valence-electron chi connectivity index (χ2n) is 7.85. The highest BCUT2D eigenvalue weighted by atomic mass is 16.5. The van der Waals surface area contributed by atoms with Crippen LogP contribution < -0.4 is 5.32 Å². The van der Waals surface area contributed by atoms with Crippen LogP contribution in [0.3, 0.4) is 0 Å². The zero-order valence-corrected chi connectivity index (χ0v) is 16.4. The van der Waals surface area contributed by atoms with Crippen LogP contribution in [0, 0.1) is 6.92 Å². The average Bonchev–Trinajstić information content (AvgIpc) is 3.11. The summed E-state index contributed by atoms with van der Waals surface area (Å²) in [6.45, 7) is 10.3. The molecule has 1 N–H and O–H groups in total. The largest absolute Gasteiger partial charge is 0.341 e. The van der Waals surface area contributed by atoms with E-state index in [0.29, 0.717) is 17.3 Å². The standard InChI is InChI=1S/C22H25N3O2/c1-14-7-6-8-17(13-14)19-24-21(27-25-19)15(2)23-20(26)16-9-11-18(12-10-16)22(3,4)5/h6-13,15H,1-5H3,(H,23,26)/t15-/m0/s1. The minimum Gasteiger partial charge on any atom is -0.341 e. The summed E-state index contributed by atoms with van der Waals surface area (Å²) in [7, 11) is 0. The topological polar surface area (TPSA) is 68.0 Å². The van der Waals surface area contributed by atoms with Crippen molar-refractivity contribution in [2.75, 3.05) is 0 Å². The summed E-state index contributed by atoms with van der Waals surface area (Å²) in [5, 5.41) is 6.94. The van der Waals surface area contributed by atoms with E-state index in [4.69, 9.17) is 4.52 Å². The minimum absolute atomic E-state index is 0.0538. The van der Waals surface area contributed by atoms with Crippen molar-refractivity contribution in [3.05, 3.63) is 71.1 Å². The highest BCUT2D eigenvalue weighted by molar-refractivity contribution is 5.94. The number of carbonyl (C=O) groups is 1. The first-order valence-electron chi connectivity index (χ1n) is 9.06. The molecule has 0 radical (unpaired) electrons. The molecule has 1 atom stereocenters. The molecule has 2 aromatic carbocycles. The quantitative estimate of drug-likeness (QED) is 0.720. The van der Waals surface area contributed by atoms with Gasteiger partial charge in [0.05, 0.1) is 0 Å². The normalized spacial score (nSPS) is 12.6. The number of rotatable bonds is 4. The van der Waals surface area contributed by atoms with Crippen molar-refractivity contribution < 1.29 is 9.32 Å². The molecule has 1 heterocycles. The Kier molecular flexibility index (Phi) is 5.13. The lowest BCUT2D eigenvalue weighted by Crippen LogP contribution is -2.27. The number of amides is 1. The second kappa shape index (κ2) is 7.35. The van der Waals surface area contributed by atoms with E-state index >= 15 is 0 Å². The minimum atomic E-state index is -0.383. The van der Waals surface area contributed by atoms with E-state index in [1.807, 2.05) is 62.4 Å². The van der Waals surface area contributed by atoms with Crippen LogP contribution in [0.5, 0.6) is 0 Å². The summed E-state index contributed by atoms with van der Waals surface area (Å²) >= 11 is 0. The highest BCUT2D eigenvalue weighted by Crippen LogP contribution is 2.23. The fourth-order valence-electron chi connectivity index (χ4n) is 2.78. The predicted molar refractivity (Wildman–Crippen MR) is 105 cm³/mol. The number of benzene rings is 2. The zero-order chi connectivity index (χ0) is 19.6. The van der Waals surface area contributed by atoms with Gasteiger partial charge in [0, 0.05) is 11.1 Å². The van der Waals surface area contributed by atoms with Gasteiger partial charge in [-0.3, -0.25) is 4.79 Å². The first-order chi connectivity index (χ1) is 12.7. The van der Waals surface area contributed by atoms with Gasteiger partial charge in [-0.2, -0.15) is 4.98 Å². The fourth-order valence-corrected chi connectivity index (χ4v) is 2.78. The van der Waals surface area contributed by atoms with Gasteiger partial charge in [-0.25, -0.2) is 0 Å². The molecule has 0 aliphatic carbocycles. The van der Waals surface area contributed by atoms with Crippen LogP contribution in [0.15, 0.2) is 53.1 Å². The molecule has 0 spiro atoms. The smallest absolute Gasteiger partial charge is 0.251 e. The Hall–Kier alpha value is -2.95. The third kappa shape index (κ3) is 4.42. The highest BCUT2D eigenvalue weighted by Gasteiger charge is 2.19. The molecular formula is C22H25N3O2. The van der Waals surface area contributed by atoms with Gasteiger partial charge in [0.15, 0.2) is 0 Å². The Balaban J connectivity index is 1.70. The fraction of sp³-hybridized carbons (Fsp3) is 0.318. The van der Waals surface area contributed by atoms with E-state index in [-0.39, 0.29) is 17.4 Å². The van der Waals surface area contributed by atoms with Crippen molar-refractivity contribution in [1.82, 2.24) is 15.5 Å². The Bertz CT molecular complexity index is 937. The van der Waals surface area contributed by atoms with Crippen molar-refractivity contribution in [3.8, 4) is 11.4 Å². The second-order valence-corrected chi connectivity index (χ2v) is 7.85. The molecule has 0 fully saturated rings. The molecule has 5 nitrogen and oxygen atoms in total. The van der Waals surface area contributed by atoms with Gasteiger partial charge in [-0.1, -0.05) is 61.8 Å². The molecule has 3 rings (SSSR count). The molecule has 140 valence electrons. The number of hydrogen-bond acceptors (Lipinski definition) is 4. The van der Waals surface area contributed by atoms with Crippen LogP contribution >= 0.6 is 0 Å². The summed E-state index contributed by atoms with van der Waals surface area (Å²) in [6, 6.07) is 15.2. The van der Waals surface area contributed by atoms with Crippen molar-refractivity contribution in [2.45, 2.75) is 46.1 Å². The summed E-state index contributed by atoms with van der Waals surface area (Å²) in [5.41, 5.74) is 3.86. The van der Waals surface area contributed by atoms with Crippen LogP contribution in [0.2, 0.25) is 0 Å². The van der Waals surface area contributed by atoms with E-state index in [2.05, 4.69) is 36.2 Å². The van der Waals surface area contributed by atoms with Crippen molar-refractivity contribution >= 4 is 5.91 Å². The van der Waals surface area contributed by atoms with Crippen LogP contribution in [0.4, 0.5) is 0 Å². The molecule has 0 saturated carbocycles. The van der Waals surface area contributed by atoms with Gasteiger partial charge in [0.1, 0.15) is 6.04 Å². The van der Waals surface area contributed by atoms with Crippen molar-refractivity contribution in [1.29, 1.82) is 0 Å². The van der Waals surface area contributed by atoms with Crippen molar-refractivity contribution in [3.63, 3.8) is 0 Å². The Morgan fingerprint density at radius 2 is 1.81 bits per heavy atom. The summed E-state index contributed by atoms with van der Waals surface area (Å²) in [5.74, 6) is 0.730. The van der Waals surface area contributed by atoms with Gasteiger partial charge in [-0.15, -0.1) is 0 Å². The van der Waals surface area contributed by atoms with E-state index in [1.165, 1.54) is 5.56 Å². The lowest BCUT2D eigenvalue weighted by molar-refractivity contribution is 0.0932. The Morgan fingerprint density at radius 1 is 1.11 bits per heavy atom. The third-order valence-electron chi connectivity index (χ3n) is 4.45. The van der Waals surface area contributed by atoms with Gasteiger partial charge in [0.2, 0.25) is 11.7 Å². The van der Waals surface area contributed by atoms with Crippen molar-refractivity contribution in [2.24, 2.45) is 0 Å². The maximum absolute atomic E-state index is 12.5. The number of aromatic nitrogens is 2. The molecule has 1 aromatic heterocycles. The van der Waals surface area contributed by atoms with E-state index < -0.39 is 0 Å². The third-order valence-corrected chi connectivity index (χ3v) is 4.45. The van der Waals surface area contributed by atoms with E-state index in [9.17, 15) is 4.79 Å². The number of nitrogens with zero attached hydrogens (tertiary/aromatic N) is 2. The SMILES string of the molecule is Cc1cccc(-c2noc([C@H](C)NC(=O)c3ccc(C(C)(C)C)cc3)n2)c1.